The van der Waals surface area contributed by atoms with Crippen molar-refractivity contribution in [3.63, 3.8) is 0 Å². The summed E-state index contributed by atoms with van der Waals surface area (Å²) >= 11 is 5.73. The van der Waals surface area contributed by atoms with Crippen LogP contribution < -0.4 is 0 Å². The largest absolute Gasteiger partial charge is 0.504 e. The summed E-state index contributed by atoms with van der Waals surface area (Å²) in [5, 5.41) is 18.3. The lowest BCUT2D eigenvalue weighted by Crippen LogP contribution is -2.21. The van der Waals surface area contributed by atoms with Crippen LogP contribution in [0.5, 0.6) is 11.5 Å². The number of ketones is 2. The monoisotopic (exact) mass is 270 g/mol. The van der Waals surface area contributed by atoms with E-state index in [-0.39, 0.29) is 22.4 Å². The smallest absolute Gasteiger partial charge is 0.230 e. The van der Waals surface area contributed by atoms with Crippen molar-refractivity contribution in [2.75, 3.05) is 0 Å². The van der Waals surface area contributed by atoms with Gasteiger partial charge in [-0.1, -0.05) is 32.4 Å². The van der Waals surface area contributed by atoms with Gasteiger partial charge in [-0.3, -0.25) is 9.59 Å². The van der Waals surface area contributed by atoms with Gasteiger partial charge in [0.25, 0.3) is 0 Å². The van der Waals surface area contributed by atoms with Crippen LogP contribution in [0.2, 0.25) is 5.02 Å². The van der Waals surface area contributed by atoms with Gasteiger partial charge in [-0.25, -0.2) is 0 Å². The summed E-state index contributed by atoms with van der Waals surface area (Å²) in [7, 11) is 0. The molecule has 1 rings (SSSR count). The zero-order valence-corrected chi connectivity index (χ0v) is 11.2. The Morgan fingerprint density at radius 1 is 1.22 bits per heavy atom. The van der Waals surface area contributed by atoms with Gasteiger partial charge in [-0.05, 0) is 17.5 Å². The van der Waals surface area contributed by atoms with Crippen LogP contribution in [0.3, 0.4) is 0 Å². The average molecular weight is 271 g/mol. The minimum atomic E-state index is -0.759. The fraction of sp³-hybridized carbons (Fsp3) is 0.385. The van der Waals surface area contributed by atoms with Crippen molar-refractivity contribution in [1.82, 2.24) is 0 Å². The molecule has 0 aliphatic heterocycles. The molecule has 0 bridgehead atoms. The number of aromatic hydroxyl groups is 2. The molecule has 0 spiro atoms. The van der Waals surface area contributed by atoms with Crippen molar-refractivity contribution in [3.05, 3.63) is 22.7 Å². The molecule has 0 aromatic heterocycles. The summed E-state index contributed by atoms with van der Waals surface area (Å²) in [4.78, 5) is 23.6. The van der Waals surface area contributed by atoms with E-state index in [0.717, 1.165) is 6.07 Å². The van der Waals surface area contributed by atoms with Gasteiger partial charge in [0.2, 0.25) is 11.6 Å². The molecule has 0 aliphatic rings. The lowest BCUT2D eigenvalue weighted by Gasteiger charge is -2.16. The minimum Gasteiger partial charge on any atom is -0.504 e. The first-order valence-electron chi connectivity index (χ1n) is 5.41. The molecular formula is C13H15ClO4. The number of benzene rings is 1. The standard InChI is InChI=1S/C13H15ClO4/c1-13(2,3)6-9(16)11(17)7-4-5-8(15)12(18)10(7)14/h4-5,15,18H,6H2,1-3H3. The van der Waals surface area contributed by atoms with Crippen LogP contribution >= 0.6 is 11.6 Å². The quantitative estimate of drug-likeness (QED) is 0.503. The van der Waals surface area contributed by atoms with Crippen LogP contribution in [0.25, 0.3) is 0 Å². The van der Waals surface area contributed by atoms with Crippen LogP contribution in [0, 0.1) is 5.41 Å². The summed E-state index contributed by atoms with van der Waals surface area (Å²) < 4.78 is 0. The van der Waals surface area contributed by atoms with Gasteiger partial charge < -0.3 is 10.2 Å². The van der Waals surface area contributed by atoms with Gasteiger partial charge >= 0.3 is 0 Å². The zero-order valence-electron chi connectivity index (χ0n) is 10.5. The predicted molar refractivity (Wildman–Crippen MR) is 68.2 cm³/mol. The second kappa shape index (κ2) is 4.98. The molecule has 0 fully saturated rings. The number of phenolic OH excluding ortho intramolecular Hbond substituents is 2. The van der Waals surface area contributed by atoms with E-state index in [2.05, 4.69) is 0 Å². The third-order valence-electron chi connectivity index (χ3n) is 2.28. The summed E-state index contributed by atoms with van der Waals surface area (Å²) in [5.41, 5.74) is -0.403. The Hall–Kier alpha value is -1.55. The third-order valence-corrected chi connectivity index (χ3v) is 2.67. The van der Waals surface area contributed by atoms with Crippen molar-refractivity contribution in [2.24, 2.45) is 5.41 Å². The molecule has 0 atom stereocenters. The number of carbonyl (C=O) groups excluding carboxylic acids is 2. The maximum absolute atomic E-state index is 11.9. The average Bonchev–Trinajstić information content (AvgIpc) is 2.23. The van der Waals surface area contributed by atoms with Gasteiger partial charge in [0, 0.05) is 12.0 Å². The van der Waals surface area contributed by atoms with Crippen LogP contribution in [-0.2, 0) is 4.79 Å². The minimum absolute atomic E-state index is 0.0871. The fourth-order valence-electron chi connectivity index (χ4n) is 1.44. The maximum atomic E-state index is 11.9. The molecular weight excluding hydrogens is 256 g/mol. The van der Waals surface area contributed by atoms with Gasteiger partial charge in [0.05, 0.1) is 5.02 Å². The van der Waals surface area contributed by atoms with Gasteiger partial charge in [-0.2, -0.15) is 0 Å². The number of phenols is 2. The summed E-state index contributed by atoms with van der Waals surface area (Å²) in [5.74, 6) is -2.36. The molecule has 4 nitrogen and oxygen atoms in total. The van der Waals surface area contributed by atoms with Crippen LogP contribution in [0.15, 0.2) is 12.1 Å². The number of hydrogen-bond acceptors (Lipinski definition) is 4. The van der Waals surface area contributed by atoms with Crippen LogP contribution in [0.4, 0.5) is 0 Å². The lowest BCUT2D eigenvalue weighted by atomic mass is 9.87. The molecule has 0 heterocycles. The molecule has 1 aromatic rings. The van der Waals surface area contributed by atoms with Gasteiger partial charge in [0.1, 0.15) is 0 Å². The second-order valence-electron chi connectivity index (χ2n) is 5.28. The Balaban J connectivity index is 3.06. The fourth-order valence-corrected chi connectivity index (χ4v) is 1.69. The van der Waals surface area contributed by atoms with E-state index in [1.54, 1.807) is 0 Å². The van der Waals surface area contributed by atoms with E-state index in [9.17, 15) is 19.8 Å². The van der Waals surface area contributed by atoms with Crippen molar-refractivity contribution in [3.8, 4) is 11.5 Å². The summed E-state index contributed by atoms with van der Waals surface area (Å²) in [6, 6.07) is 2.35. The highest BCUT2D eigenvalue weighted by molar-refractivity contribution is 6.48. The molecule has 98 valence electrons. The van der Waals surface area contributed by atoms with E-state index in [1.807, 2.05) is 20.8 Å². The highest BCUT2D eigenvalue weighted by atomic mass is 35.5. The molecule has 18 heavy (non-hydrogen) atoms. The third kappa shape index (κ3) is 3.23. The maximum Gasteiger partial charge on any atom is 0.230 e. The number of halogens is 1. The van der Waals surface area contributed by atoms with E-state index >= 15 is 0 Å². The first kappa shape index (κ1) is 14.5. The first-order chi connectivity index (χ1) is 8.13. The molecule has 0 unspecified atom stereocenters. The highest BCUT2D eigenvalue weighted by Gasteiger charge is 2.25. The predicted octanol–water partition coefficient (Wildman–Crippen LogP) is 2.94. The van der Waals surface area contributed by atoms with Crippen molar-refractivity contribution in [1.29, 1.82) is 0 Å². The molecule has 0 radical (unpaired) electrons. The molecule has 0 saturated heterocycles. The second-order valence-corrected chi connectivity index (χ2v) is 5.66. The molecule has 5 heteroatoms. The Bertz CT molecular complexity index is 500. The number of hydrogen-bond donors (Lipinski definition) is 2. The highest BCUT2D eigenvalue weighted by Crippen LogP contribution is 2.36. The topological polar surface area (TPSA) is 74.6 Å². The Labute approximate surface area is 110 Å². The Morgan fingerprint density at radius 2 is 1.78 bits per heavy atom. The number of rotatable bonds is 3. The molecule has 0 aliphatic carbocycles. The SMILES string of the molecule is CC(C)(C)CC(=O)C(=O)c1ccc(O)c(O)c1Cl. The number of Topliss-reactive ketones (excluding diaryl/α,β-unsaturated/α-hetero) is 2. The van der Waals surface area contributed by atoms with Crippen LogP contribution in [-0.4, -0.2) is 21.8 Å². The first-order valence-corrected chi connectivity index (χ1v) is 5.79. The Morgan fingerprint density at radius 3 is 2.28 bits per heavy atom. The molecule has 1 aromatic carbocycles. The summed E-state index contributed by atoms with van der Waals surface area (Å²) in [6.07, 6.45) is 0.0871. The van der Waals surface area contributed by atoms with E-state index in [0.29, 0.717) is 0 Å². The van der Waals surface area contributed by atoms with Crippen LogP contribution in [0.1, 0.15) is 37.6 Å². The molecule has 2 N–H and O–H groups in total. The Kier molecular flexibility index (Phi) is 4.02. The van der Waals surface area contributed by atoms with Crippen molar-refractivity contribution < 1.29 is 19.8 Å². The van der Waals surface area contributed by atoms with E-state index in [4.69, 9.17) is 11.6 Å². The molecule has 0 amide bonds. The van der Waals surface area contributed by atoms with Gasteiger partial charge in [0.15, 0.2) is 11.5 Å². The zero-order chi connectivity index (χ0) is 14.1. The molecule has 0 saturated carbocycles. The van der Waals surface area contributed by atoms with E-state index in [1.165, 1.54) is 6.07 Å². The van der Waals surface area contributed by atoms with E-state index < -0.39 is 23.1 Å². The lowest BCUT2D eigenvalue weighted by molar-refractivity contribution is -0.116. The normalized spacial score (nSPS) is 11.3. The van der Waals surface area contributed by atoms with Crippen molar-refractivity contribution >= 4 is 23.2 Å². The summed E-state index contributed by atoms with van der Waals surface area (Å²) in [6.45, 7) is 5.52. The van der Waals surface area contributed by atoms with Gasteiger partial charge in [-0.15, -0.1) is 0 Å². The number of carbonyl (C=O) groups is 2. The van der Waals surface area contributed by atoms with Crippen molar-refractivity contribution in [2.45, 2.75) is 27.2 Å².